The smallest absolute Gasteiger partial charge is 0.260 e. The van der Waals surface area contributed by atoms with Crippen molar-refractivity contribution in [3.63, 3.8) is 0 Å². The minimum absolute atomic E-state index is 0.157. The summed E-state index contributed by atoms with van der Waals surface area (Å²) in [5.74, 6) is -1.30. The second kappa shape index (κ2) is 7.54. The third kappa shape index (κ3) is 5.02. The van der Waals surface area contributed by atoms with E-state index in [2.05, 4.69) is 10.5 Å². The third-order valence-corrected chi connectivity index (χ3v) is 4.70. The van der Waals surface area contributed by atoms with Gasteiger partial charge in [-0.1, -0.05) is 18.6 Å². The van der Waals surface area contributed by atoms with Crippen molar-refractivity contribution in [1.82, 2.24) is 5.43 Å². The number of anilines is 1. The molecule has 0 aliphatic heterocycles. The van der Waals surface area contributed by atoms with Crippen LogP contribution in [0.15, 0.2) is 29.4 Å². The van der Waals surface area contributed by atoms with Gasteiger partial charge in [-0.3, -0.25) is 9.10 Å². The van der Waals surface area contributed by atoms with Gasteiger partial charge in [-0.25, -0.2) is 18.2 Å². The first-order chi connectivity index (χ1) is 10.9. The summed E-state index contributed by atoms with van der Waals surface area (Å²) in [6.45, 7) is -0.517. The van der Waals surface area contributed by atoms with Crippen LogP contribution in [0.25, 0.3) is 0 Å². The SMILES string of the molecule is CS(=O)(=O)N(CC(=O)NN=C1CCCCC1)c1ccccc1F. The third-order valence-electron chi connectivity index (χ3n) is 3.58. The number of carbonyl (C=O) groups excluding carboxylic acids is 1. The van der Waals surface area contributed by atoms with Crippen LogP contribution in [0.4, 0.5) is 10.1 Å². The van der Waals surface area contributed by atoms with Crippen molar-refractivity contribution in [3.8, 4) is 0 Å². The fourth-order valence-corrected chi connectivity index (χ4v) is 3.27. The van der Waals surface area contributed by atoms with Crippen molar-refractivity contribution in [2.45, 2.75) is 32.1 Å². The van der Waals surface area contributed by atoms with Crippen LogP contribution in [-0.2, 0) is 14.8 Å². The predicted octanol–water partition coefficient (Wildman–Crippen LogP) is 2.03. The molecule has 1 amide bonds. The van der Waals surface area contributed by atoms with Crippen LogP contribution in [0, 0.1) is 5.82 Å². The Labute approximate surface area is 135 Å². The zero-order chi connectivity index (χ0) is 16.9. The van der Waals surface area contributed by atoms with E-state index in [0.29, 0.717) is 0 Å². The highest BCUT2D eigenvalue weighted by atomic mass is 32.2. The molecular weight excluding hydrogens is 321 g/mol. The second-order valence-electron chi connectivity index (χ2n) is 5.49. The zero-order valence-corrected chi connectivity index (χ0v) is 13.8. The van der Waals surface area contributed by atoms with Crippen LogP contribution < -0.4 is 9.73 Å². The molecule has 1 aromatic rings. The topological polar surface area (TPSA) is 78.8 Å². The largest absolute Gasteiger partial charge is 0.271 e. The van der Waals surface area contributed by atoms with E-state index in [1.807, 2.05) is 0 Å². The molecule has 1 aliphatic carbocycles. The van der Waals surface area contributed by atoms with Crippen LogP contribution in [0.2, 0.25) is 0 Å². The first-order valence-corrected chi connectivity index (χ1v) is 9.29. The van der Waals surface area contributed by atoms with E-state index < -0.39 is 28.3 Å². The quantitative estimate of drug-likeness (QED) is 0.832. The van der Waals surface area contributed by atoms with Gasteiger partial charge in [0.05, 0.1) is 11.9 Å². The number of para-hydroxylation sites is 1. The van der Waals surface area contributed by atoms with Crippen LogP contribution in [0.5, 0.6) is 0 Å². The normalized spacial score (nSPS) is 15.1. The highest BCUT2D eigenvalue weighted by molar-refractivity contribution is 7.92. The Hall–Kier alpha value is -1.96. The van der Waals surface area contributed by atoms with Crippen LogP contribution in [-0.4, -0.2) is 32.8 Å². The van der Waals surface area contributed by atoms with Gasteiger partial charge >= 0.3 is 0 Å². The van der Waals surface area contributed by atoms with E-state index in [1.54, 1.807) is 0 Å². The van der Waals surface area contributed by atoms with Crippen molar-refractivity contribution >= 4 is 27.3 Å². The summed E-state index contributed by atoms with van der Waals surface area (Å²) < 4.78 is 38.3. The Bertz CT molecular complexity index is 696. The molecule has 8 heteroatoms. The van der Waals surface area contributed by atoms with Crippen molar-refractivity contribution in [2.24, 2.45) is 5.10 Å². The van der Waals surface area contributed by atoms with Crippen molar-refractivity contribution in [1.29, 1.82) is 0 Å². The lowest BCUT2D eigenvalue weighted by Gasteiger charge is -2.21. The van der Waals surface area contributed by atoms with Gasteiger partial charge in [0.2, 0.25) is 10.0 Å². The van der Waals surface area contributed by atoms with Gasteiger partial charge in [-0.15, -0.1) is 0 Å². The number of amides is 1. The molecule has 0 aromatic heterocycles. The summed E-state index contributed by atoms with van der Waals surface area (Å²) in [5, 5.41) is 4.04. The van der Waals surface area contributed by atoms with Gasteiger partial charge in [-0.05, 0) is 37.8 Å². The minimum atomic E-state index is -3.79. The molecule has 0 unspecified atom stereocenters. The lowest BCUT2D eigenvalue weighted by molar-refractivity contribution is -0.119. The van der Waals surface area contributed by atoms with Gasteiger partial charge in [0, 0.05) is 5.71 Å². The average Bonchev–Trinajstić information content (AvgIpc) is 2.51. The molecule has 23 heavy (non-hydrogen) atoms. The van der Waals surface area contributed by atoms with E-state index in [-0.39, 0.29) is 5.69 Å². The molecule has 1 aromatic carbocycles. The highest BCUT2D eigenvalue weighted by Gasteiger charge is 2.23. The summed E-state index contributed by atoms with van der Waals surface area (Å²) in [6.07, 6.45) is 5.84. The van der Waals surface area contributed by atoms with E-state index in [4.69, 9.17) is 0 Å². The monoisotopic (exact) mass is 341 g/mol. The molecule has 1 saturated carbocycles. The maximum Gasteiger partial charge on any atom is 0.260 e. The Kier molecular flexibility index (Phi) is 5.70. The Morgan fingerprint density at radius 3 is 2.52 bits per heavy atom. The number of carbonyl (C=O) groups is 1. The summed E-state index contributed by atoms with van der Waals surface area (Å²) in [7, 11) is -3.79. The number of nitrogens with one attached hydrogen (secondary N) is 1. The van der Waals surface area contributed by atoms with Crippen LogP contribution >= 0.6 is 0 Å². The van der Waals surface area contributed by atoms with Crippen LogP contribution in [0.1, 0.15) is 32.1 Å². The van der Waals surface area contributed by atoms with Gasteiger partial charge < -0.3 is 0 Å². The molecule has 0 saturated heterocycles. The predicted molar refractivity (Wildman–Crippen MR) is 87.3 cm³/mol. The maximum atomic E-state index is 13.8. The molecule has 0 heterocycles. The highest BCUT2D eigenvalue weighted by Crippen LogP contribution is 2.21. The van der Waals surface area contributed by atoms with Crippen molar-refractivity contribution in [2.75, 3.05) is 17.1 Å². The zero-order valence-electron chi connectivity index (χ0n) is 13.0. The Balaban J connectivity index is 2.09. The standard InChI is InChI=1S/C15H20FN3O3S/c1-23(21,22)19(14-10-6-5-9-13(14)16)11-15(20)18-17-12-7-3-2-4-8-12/h5-6,9-10H,2-4,7-8,11H2,1H3,(H,18,20). The van der Waals surface area contributed by atoms with Gasteiger partial charge in [0.15, 0.2) is 0 Å². The molecule has 1 fully saturated rings. The molecule has 1 aliphatic rings. The molecule has 0 spiro atoms. The molecule has 2 rings (SSSR count). The number of benzene rings is 1. The first-order valence-electron chi connectivity index (χ1n) is 7.44. The average molecular weight is 341 g/mol. The molecule has 0 atom stereocenters. The minimum Gasteiger partial charge on any atom is -0.271 e. The molecular formula is C15H20FN3O3S. The van der Waals surface area contributed by atoms with Crippen molar-refractivity contribution < 1.29 is 17.6 Å². The fraction of sp³-hybridized carbons (Fsp3) is 0.467. The Morgan fingerprint density at radius 1 is 1.26 bits per heavy atom. The number of hydrazone groups is 1. The number of nitrogens with zero attached hydrogens (tertiary/aromatic N) is 2. The number of hydrogen-bond donors (Lipinski definition) is 1. The first kappa shape index (κ1) is 17.4. The summed E-state index contributed by atoms with van der Waals surface area (Å²) >= 11 is 0. The van der Waals surface area contributed by atoms with Gasteiger partial charge in [0.25, 0.3) is 5.91 Å². The molecule has 126 valence electrons. The van der Waals surface area contributed by atoms with Crippen molar-refractivity contribution in [3.05, 3.63) is 30.1 Å². The number of rotatable bonds is 5. The molecule has 1 N–H and O–H groups in total. The van der Waals surface area contributed by atoms with E-state index in [9.17, 15) is 17.6 Å². The lowest BCUT2D eigenvalue weighted by atomic mass is 9.99. The van der Waals surface area contributed by atoms with E-state index in [0.717, 1.165) is 54.4 Å². The maximum absolute atomic E-state index is 13.8. The molecule has 6 nitrogen and oxygen atoms in total. The molecule has 0 bridgehead atoms. The lowest BCUT2D eigenvalue weighted by Crippen LogP contribution is -2.39. The van der Waals surface area contributed by atoms with E-state index >= 15 is 0 Å². The summed E-state index contributed by atoms with van der Waals surface area (Å²) in [6, 6.07) is 5.43. The van der Waals surface area contributed by atoms with E-state index in [1.165, 1.54) is 18.2 Å². The second-order valence-corrected chi connectivity index (χ2v) is 7.40. The van der Waals surface area contributed by atoms with Gasteiger partial charge in [0.1, 0.15) is 12.4 Å². The summed E-state index contributed by atoms with van der Waals surface area (Å²) in [4.78, 5) is 12.0. The van der Waals surface area contributed by atoms with Crippen LogP contribution in [0.3, 0.4) is 0 Å². The fourth-order valence-electron chi connectivity index (χ4n) is 2.41. The Morgan fingerprint density at radius 2 is 1.91 bits per heavy atom. The number of sulfonamides is 1. The molecule has 0 radical (unpaired) electrons. The number of halogens is 1. The van der Waals surface area contributed by atoms with Gasteiger partial charge in [-0.2, -0.15) is 5.10 Å². The number of hydrogen-bond acceptors (Lipinski definition) is 4. The summed E-state index contributed by atoms with van der Waals surface area (Å²) in [5.41, 5.74) is 3.11.